The molecule has 0 aliphatic carbocycles. The first-order valence-corrected chi connectivity index (χ1v) is 9.59. The highest BCUT2D eigenvalue weighted by atomic mass is 35.5. The van der Waals surface area contributed by atoms with Crippen LogP contribution in [0.1, 0.15) is 52.0 Å². The van der Waals surface area contributed by atoms with Crippen LogP contribution in [0.25, 0.3) is 0 Å². The minimum atomic E-state index is -0.607. The number of carbonyl (C=O) groups excluding carboxylic acids is 2. The van der Waals surface area contributed by atoms with Crippen molar-refractivity contribution >= 4 is 24.3 Å². The third-order valence-electron chi connectivity index (χ3n) is 4.94. The van der Waals surface area contributed by atoms with Gasteiger partial charge in [-0.1, -0.05) is 57.0 Å². The largest absolute Gasteiger partial charge is 0.458 e. The Hall–Kier alpha value is -1.59. The lowest BCUT2D eigenvalue weighted by atomic mass is 9.86. The number of esters is 2. The third kappa shape index (κ3) is 7.15. The van der Waals surface area contributed by atoms with Gasteiger partial charge in [0.2, 0.25) is 0 Å². The van der Waals surface area contributed by atoms with E-state index >= 15 is 0 Å². The second-order valence-corrected chi connectivity index (χ2v) is 7.54. The molecule has 152 valence electrons. The van der Waals surface area contributed by atoms with Crippen molar-refractivity contribution in [3.05, 3.63) is 35.9 Å². The van der Waals surface area contributed by atoms with Crippen LogP contribution in [0.4, 0.5) is 0 Å². The molecule has 1 saturated heterocycles. The molecule has 1 fully saturated rings. The summed E-state index contributed by atoms with van der Waals surface area (Å²) in [6.45, 7) is 5.41. The molecule has 5 nitrogen and oxygen atoms in total. The van der Waals surface area contributed by atoms with Gasteiger partial charge in [-0.15, -0.1) is 12.4 Å². The van der Waals surface area contributed by atoms with Crippen LogP contribution in [0.15, 0.2) is 30.3 Å². The second kappa shape index (κ2) is 11.3. The summed E-state index contributed by atoms with van der Waals surface area (Å²) in [6.07, 6.45) is 3.12. The molecule has 2 rings (SSSR count). The quantitative estimate of drug-likeness (QED) is 0.784. The summed E-state index contributed by atoms with van der Waals surface area (Å²) in [5.74, 6) is -0.814. The molecule has 0 saturated carbocycles. The van der Waals surface area contributed by atoms with E-state index in [0.29, 0.717) is 6.42 Å². The SMILES string of the molecule is CC(C)C(=O)O[C@@H]1[C@@H](Cc2ccccc2)CCCC[C@H](N)C(=O)O[C@H]1C.Cl. The molecule has 1 heterocycles. The monoisotopic (exact) mass is 397 g/mol. The molecular weight excluding hydrogens is 366 g/mol. The Bertz CT molecular complexity index is 593. The predicted molar refractivity (Wildman–Crippen MR) is 108 cm³/mol. The van der Waals surface area contributed by atoms with E-state index in [1.807, 2.05) is 18.2 Å². The molecular formula is C21H32ClNO4. The number of hydrogen-bond donors (Lipinski definition) is 1. The molecule has 0 aromatic heterocycles. The smallest absolute Gasteiger partial charge is 0.323 e. The average molecular weight is 398 g/mol. The lowest BCUT2D eigenvalue weighted by molar-refractivity contribution is -0.175. The van der Waals surface area contributed by atoms with Gasteiger partial charge in [0.15, 0.2) is 0 Å². The van der Waals surface area contributed by atoms with Crippen molar-refractivity contribution in [2.24, 2.45) is 17.6 Å². The van der Waals surface area contributed by atoms with Crippen LogP contribution >= 0.6 is 12.4 Å². The van der Waals surface area contributed by atoms with Crippen LogP contribution in [0.2, 0.25) is 0 Å². The van der Waals surface area contributed by atoms with Crippen molar-refractivity contribution in [1.29, 1.82) is 0 Å². The molecule has 1 aromatic rings. The van der Waals surface area contributed by atoms with Crippen molar-refractivity contribution in [3.8, 4) is 0 Å². The van der Waals surface area contributed by atoms with E-state index in [4.69, 9.17) is 15.2 Å². The van der Waals surface area contributed by atoms with Crippen molar-refractivity contribution in [2.75, 3.05) is 0 Å². The summed E-state index contributed by atoms with van der Waals surface area (Å²) >= 11 is 0. The fourth-order valence-electron chi connectivity index (χ4n) is 3.37. The first-order chi connectivity index (χ1) is 12.4. The fourth-order valence-corrected chi connectivity index (χ4v) is 3.37. The van der Waals surface area contributed by atoms with Crippen LogP contribution in [0.3, 0.4) is 0 Å². The summed E-state index contributed by atoms with van der Waals surface area (Å²) in [4.78, 5) is 24.4. The zero-order valence-corrected chi connectivity index (χ0v) is 17.2. The van der Waals surface area contributed by atoms with E-state index in [2.05, 4.69) is 12.1 Å². The molecule has 27 heavy (non-hydrogen) atoms. The molecule has 1 aliphatic heterocycles. The van der Waals surface area contributed by atoms with E-state index < -0.39 is 24.2 Å². The molecule has 0 radical (unpaired) electrons. The van der Waals surface area contributed by atoms with Gasteiger partial charge < -0.3 is 15.2 Å². The standard InChI is InChI=1S/C21H31NO4.ClH/c1-14(2)20(23)26-19-15(3)25-21(24)18(22)12-8-7-11-17(19)13-16-9-5-4-6-10-16;/h4-6,9-10,14-15,17-19H,7-8,11-13,22H2,1-3H3;1H/t15-,17+,18-,19-;/m0./s1. The Morgan fingerprint density at radius 3 is 2.48 bits per heavy atom. The molecule has 0 spiro atoms. The van der Waals surface area contributed by atoms with Gasteiger partial charge in [-0.25, -0.2) is 0 Å². The van der Waals surface area contributed by atoms with Gasteiger partial charge in [-0.3, -0.25) is 9.59 Å². The number of hydrogen-bond acceptors (Lipinski definition) is 5. The topological polar surface area (TPSA) is 78.6 Å². The van der Waals surface area contributed by atoms with Crippen LogP contribution in [-0.4, -0.2) is 30.2 Å². The van der Waals surface area contributed by atoms with Gasteiger partial charge in [0.05, 0.1) is 5.92 Å². The van der Waals surface area contributed by atoms with Crippen molar-refractivity contribution in [1.82, 2.24) is 0 Å². The maximum Gasteiger partial charge on any atom is 0.323 e. The molecule has 1 aromatic carbocycles. The Kier molecular flexibility index (Phi) is 9.81. The molecule has 0 amide bonds. The van der Waals surface area contributed by atoms with Gasteiger partial charge in [-0.05, 0) is 31.7 Å². The second-order valence-electron chi connectivity index (χ2n) is 7.54. The molecule has 0 unspecified atom stereocenters. The maximum atomic E-state index is 12.3. The number of cyclic esters (lactones) is 1. The van der Waals surface area contributed by atoms with Crippen LogP contribution in [-0.2, 0) is 25.5 Å². The van der Waals surface area contributed by atoms with Gasteiger partial charge in [0.25, 0.3) is 0 Å². The Morgan fingerprint density at radius 2 is 1.85 bits per heavy atom. The first-order valence-electron chi connectivity index (χ1n) is 9.59. The third-order valence-corrected chi connectivity index (χ3v) is 4.94. The van der Waals surface area contributed by atoms with Crippen LogP contribution in [0, 0.1) is 11.8 Å². The van der Waals surface area contributed by atoms with E-state index in [9.17, 15) is 9.59 Å². The van der Waals surface area contributed by atoms with E-state index in [1.165, 1.54) is 5.56 Å². The maximum absolute atomic E-state index is 12.3. The van der Waals surface area contributed by atoms with Crippen molar-refractivity contribution in [3.63, 3.8) is 0 Å². The first kappa shape index (κ1) is 23.4. The molecule has 4 atom stereocenters. The average Bonchev–Trinajstić information content (AvgIpc) is 2.61. The number of nitrogens with two attached hydrogens (primary N) is 1. The predicted octanol–water partition coefficient (Wildman–Crippen LogP) is 3.67. The molecule has 0 bridgehead atoms. The number of ether oxygens (including phenoxy) is 2. The Labute approximate surface area is 168 Å². The Balaban J connectivity index is 0.00000364. The highest BCUT2D eigenvalue weighted by molar-refractivity contribution is 5.85. The normalized spacial score (nSPS) is 26.6. The van der Waals surface area contributed by atoms with Gasteiger partial charge >= 0.3 is 11.9 Å². The lowest BCUT2D eigenvalue weighted by Crippen LogP contribution is -2.44. The van der Waals surface area contributed by atoms with Crippen molar-refractivity contribution in [2.45, 2.75) is 71.1 Å². The number of benzene rings is 1. The summed E-state index contributed by atoms with van der Waals surface area (Å²) in [7, 11) is 0. The summed E-state index contributed by atoms with van der Waals surface area (Å²) < 4.78 is 11.4. The lowest BCUT2D eigenvalue weighted by Gasteiger charge is -2.33. The Morgan fingerprint density at radius 1 is 1.22 bits per heavy atom. The zero-order chi connectivity index (χ0) is 19.1. The summed E-state index contributed by atoms with van der Waals surface area (Å²) in [5.41, 5.74) is 7.09. The number of rotatable bonds is 4. The van der Waals surface area contributed by atoms with E-state index in [-0.39, 0.29) is 30.2 Å². The summed E-state index contributed by atoms with van der Waals surface area (Å²) in [5, 5.41) is 0. The number of carbonyl (C=O) groups is 2. The molecule has 2 N–H and O–H groups in total. The molecule has 6 heteroatoms. The number of halogens is 1. The van der Waals surface area contributed by atoms with Gasteiger partial charge in [0, 0.05) is 5.92 Å². The van der Waals surface area contributed by atoms with Crippen LogP contribution in [0.5, 0.6) is 0 Å². The van der Waals surface area contributed by atoms with E-state index in [0.717, 1.165) is 25.7 Å². The minimum absolute atomic E-state index is 0. The highest BCUT2D eigenvalue weighted by Gasteiger charge is 2.35. The zero-order valence-electron chi connectivity index (χ0n) is 16.4. The van der Waals surface area contributed by atoms with Crippen LogP contribution < -0.4 is 5.73 Å². The van der Waals surface area contributed by atoms with Crippen molar-refractivity contribution < 1.29 is 19.1 Å². The highest BCUT2D eigenvalue weighted by Crippen LogP contribution is 2.27. The van der Waals surface area contributed by atoms with Gasteiger partial charge in [-0.2, -0.15) is 0 Å². The molecule has 1 aliphatic rings. The summed E-state index contributed by atoms with van der Waals surface area (Å²) in [6, 6.07) is 9.54. The van der Waals surface area contributed by atoms with Gasteiger partial charge in [0.1, 0.15) is 18.2 Å². The minimum Gasteiger partial charge on any atom is -0.458 e. The fraction of sp³-hybridized carbons (Fsp3) is 0.619. The van der Waals surface area contributed by atoms with E-state index in [1.54, 1.807) is 20.8 Å².